The summed E-state index contributed by atoms with van der Waals surface area (Å²) in [6, 6.07) is 4.50. The Bertz CT molecular complexity index is 570. The highest BCUT2D eigenvalue weighted by Gasteiger charge is 2.15. The van der Waals surface area contributed by atoms with Crippen LogP contribution in [0.2, 0.25) is 0 Å². The SMILES string of the molecule is O=C(c1ccc2[nH]c(=O)oc2c1)C(Cl)Cl. The molecule has 1 heterocycles. The Morgan fingerprint density at radius 2 is 2.13 bits per heavy atom. The number of halogens is 2. The van der Waals surface area contributed by atoms with E-state index < -0.39 is 16.4 Å². The number of nitrogens with one attached hydrogen (secondary N) is 1. The fraction of sp³-hybridized carbons (Fsp3) is 0.111. The van der Waals surface area contributed by atoms with Crippen molar-refractivity contribution >= 4 is 40.1 Å². The van der Waals surface area contributed by atoms with Crippen molar-refractivity contribution in [1.29, 1.82) is 0 Å². The maximum Gasteiger partial charge on any atom is 0.417 e. The number of hydrogen-bond acceptors (Lipinski definition) is 3. The maximum absolute atomic E-state index is 11.4. The van der Waals surface area contributed by atoms with E-state index in [1.807, 2.05) is 0 Å². The van der Waals surface area contributed by atoms with Gasteiger partial charge in [-0.3, -0.25) is 9.78 Å². The van der Waals surface area contributed by atoms with Crippen LogP contribution in [0.4, 0.5) is 0 Å². The highest BCUT2D eigenvalue weighted by Crippen LogP contribution is 2.16. The van der Waals surface area contributed by atoms with Gasteiger partial charge in [0, 0.05) is 5.56 Å². The molecule has 15 heavy (non-hydrogen) atoms. The Labute approximate surface area is 93.8 Å². The van der Waals surface area contributed by atoms with Crippen LogP contribution >= 0.6 is 23.2 Å². The lowest BCUT2D eigenvalue weighted by atomic mass is 10.1. The predicted molar refractivity (Wildman–Crippen MR) is 56.7 cm³/mol. The van der Waals surface area contributed by atoms with Gasteiger partial charge in [-0.05, 0) is 18.2 Å². The highest BCUT2D eigenvalue weighted by molar-refractivity contribution is 6.55. The van der Waals surface area contributed by atoms with Gasteiger partial charge in [-0.25, -0.2) is 4.79 Å². The third kappa shape index (κ3) is 1.91. The summed E-state index contributed by atoms with van der Waals surface area (Å²) < 4.78 is 4.79. The van der Waals surface area contributed by atoms with Gasteiger partial charge >= 0.3 is 5.76 Å². The van der Waals surface area contributed by atoms with Gasteiger partial charge in [0.25, 0.3) is 0 Å². The lowest BCUT2D eigenvalue weighted by Gasteiger charge is -1.99. The molecule has 0 saturated heterocycles. The molecule has 1 aromatic heterocycles. The molecule has 0 aliphatic heterocycles. The van der Waals surface area contributed by atoms with Crippen molar-refractivity contribution < 1.29 is 9.21 Å². The van der Waals surface area contributed by atoms with Gasteiger partial charge in [-0.15, -0.1) is 0 Å². The molecule has 0 spiro atoms. The van der Waals surface area contributed by atoms with E-state index in [0.29, 0.717) is 16.7 Å². The smallest absolute Gasteiger partial charge is 0.408 e. The minimum Gasteiger partial charge on any atom is -0.408 e. The van der Waals surface area contributed by atoms with Gasteiger partial charge in [-0.1, -0.05) is 23.2 Å². The van der Waals surface area contributed by atoms with Crippen LogP contribution in [0, 0.1) is 0 Å². The number of rotatable bonds is 2. The van der Waals surface area contributed by atoms with Crippen LogP contribution in [0.5, 0.6) is 0 Å². The molecular weight excluding hydrogens is 241 g/mol. The maximum atomic E-state index is 11.4. The lowest BCUT2D eigenvalue weighted by Crippen LogP contribution is -2.07. The second-order valence-corrected chi connectivity index (χ2v) is 3.99. The number of oxazole rings is 1. The van der Waals surface area contributed by atoms with Crippen molar-refractivity contribution in [2.24, 2.45) is 0 Å². The third-order valence-corrected chi connectivity index (χ3v) is 2.30. The van der Waals surface area contributed by atoms with Crippen LogP contribution in [0.15, 0.2) is 27.4 Å². The van der Waals surface area contributed by atoms with Gasteiger partial charge < -0.3 is 4.42 Å². The van der Waals surface area contributed by atoms with Crippen molar-refractivity contribution in [3.8, 4) is 0 Å². The molecule has 0 aliphatic carbocycles. The average molecular weight is 246 g/mol. The summed E-state index contributed by atoms with van der Waals surface area (Å²) in [4.78, 5) is 23.6. The average Bonchev–Trinajstić information content (AvgIpc) is 2.55. The highest BCUT2D eigenvalue weighted by atomic mass is 35.5. The van der Waals surface area contributed by atoms with E-state index >= 15 is 0 Å². The van der Waals surface area contributed by atoms with Gasteiger partial charge in [0.2, 0.25) is 0 Å². The quantitative estimate of drug-likeness (QED) is 0.651. The van der Waals surface area contributed by atoms with E-state index in [1.54, 1.807) is 6.07 Å². The van der Waals surface area contributed by atoms with Gasteiger partial charge in [0.1, 0.15) is 0 Å². The Balaban J connectivity index is 2.55. The van der Waals surface area contributed by atoms with E-state index in [9.17, 15) is 9.59 Å². The fourth-order valence-corrected chi connectivity index (χ4v) is 1.48. The minimum atomic E-state index is -1.12. The summed E-state index contributed by atoms with van der Waals surface area (Å²) in [5.41, 5.74) is 1.14. The summed E-state index contributed by atoms with van der Waals surface area (Å²) in [5.74, 6) is -0.994. The Morgan fingerprint density at radius 1 is 1.40 bits per heavy atom. The predicted octanol–water partition coefficient (Wildman–Crippen LogP) is 2.11. The Morgan fingerprint density at radius 3 is 2.80 bits per heavy atom. The third-order valence-electron chi connectivity index (χ3n) is 1.90. The molecule has 0 saturated carbocycles. The summed E-state index contributed by atoms with van der Waals surface area (Å²) in [7, 11) is 0. The van der Waals surface area contributed by atoms with E-state index in [2.05, 4.69) is 4.98 Å². The molecule has 0 unspecified atom stereocenters. The van der Waals surface area contributed by atoms with Crippen molar-refractivity contribution in [1.82, 2.24) is 4.98 Å². The van der Waals surface area contributed by atoms with Crippen LogP contribution in [-0.4, -0.2) is 15.6 Å². The molecule has 1 N–H and O–H groups in total. The van der Waals surface area contributed by atoms with Crippen LogP contribution < -0.4 is 5.76 Å². The van der Waals surface area contributed by atoms with Crippen LogP contribution in [0.25, 0.3) is 11.1 Å². The number of alkyl halides is 2. The number of aromatic nitrogens is 1. The molecule has 4 nitrogen and oxygen atoms in total. The minimum absolute atomic E-state index is 0.305. The van der Waals surface area contributed by atoms with E-state index in [1.165, 1.54) is 12.1 Å². The molecule has 0 fully saturated rings. The molecule has 2 aromatic rings. The molecule has 1 aromatic carbocycles. The number of carbonyl (C=O) groups is 1. The first-order valence-electron chi connectivity index (χ1n) is 4.03. The summed E-state index contributed by atoms with van der Waals surface area (Å²) >= 11 is 10.9. The molecule has 0 bridgehead atoms. The number of H-pyrrole nitrogens is 1. The van der Waals surface area contributed by atoms with Gasteiger partial charge in [-0.2, -0.15) is 0 Å². The molecule has 2 rings (SSSR count). The summed E-state index contributed by atoms with van der Waals surface area (Å²) in [6.45, 7) is 0. The molecule has 0 radical (unpaired) electrons. The Hall–Kier alpha value is -1.26. The van der Waals surface area contributed by atoms with Gasteiger partial charge in [0.15, 0.2) is 16.2 Å². The molecule has 6 heteroatoms. The van der Waals surface area contributed by atoms with Crippen LogP contribution in [0.1, 0.15) is 10.4 Å². The van der Waals surface area contributed by atoms with E-state index in [-0.39, 0.29) is 0 Å². The van der Waals surface area contributed by atoms with Crippen molar-refractivity contribution in [3.05, 3.63) is 34.3 Å². The van der Waals surface area contributed by atoms with Crippen molar-refractivity contribution in [2.45, 2.75) is 4.84 Å². The molecule has 0 atom stereocenters. The van der Waals surface area contributed by atoms with Gasteiger partial charge in [0.05, 0.1) is 5.52 Å². The summed E-state index contributed by atoms with van der Waals surface area (Å²) in [5, 5.41) is 0. The first-order chi connectivity index (χ1) is 7.08. The van der Waals surface area contributed by atoms with Crippen LogP contribution in [0.3, 0.4) is 0 Å². The second-order valence-electron chi connectivity index (χ2n) is 2.89. The number of carbonyl (C=O) groups excluding carboxylic acids is 1. The molecule has 0 amide bonds. The Kier molecular flexibility index (Phi) is 2.54. The molecular formula is C9H5Cl2NO3. The number of benzene rings is 1. The van der Waals surface area contributed by atoms with Crippen molar-refractivity contribution in [3.63, 3.8) is 0 Å². The monoisotopic (exact) mass is 245 g/mol. The number of Topliss-reactive ketones (excluding diaryl/α,β-unsaturated/α-hetero) is 1. The second kappa shape index (κ2) is 3.72. The first kappa shape index (κ1) is 10.3. The topological polar surface area (TPSA) is 63.1 Å². The number of fused-ring (bicyclic) bond motifs is 1. The van der Waals surface area contributed by atoms with Crippen molar-refractivity contribution in [2.75, 3.05) is 0 Å². The largest absolute Gasteiger partial charge is 0.417 e. The van der Waals surface area contributed by atoms with Crippen LogP contribution in [-0.2, 0) is 0 Å². The zero-order valence-corrected chi connectivity index (χ0v) is 8.80. The van der Waals surface area contributed by atoms with E-state index in [4.69, 9.17) is 27.6 Å². The number of ketones is 1. The zero-order chi connectivity index (χ0) is 11.0. The zero-order valence-electron chi connectivity index (χ0n) is 7.29. The fourth-order valence-electron chi connectivity index (χ4n) is 1.22. The number of hydrogen-bond donors (Lipinski definition) is 1. The molecule has 0 aliphatic rings. The first-order valence-corrected chi connectivity index (χ1v) is 4.90. The lowest BCUT2D eigenvalue weighted by molar-refractivity contribution is 0.101. The normalized spacial score (nSPS) is 11.1. The summed E-state index contributed by atoms with van der Waals surface area (Å²) in [6.07, 6.45) is 0. The molecule has 78 valence electrons. The van der Waals surface area contributed by atoms with E-state index in [0.717, 1.165) is 0 Å². The number of aromatic amines is 1. The standard InChI is InChI=1S/C9H5Cl2NO3/c10-8(11)7(13)4-1-2-5-6(3-4)15-9(14)12-5/h1-3,8H,(H,12,14).